The second-order valence-electron chi connectivity index (χ2n) is 5.26. The minimum Gasteiger partial charge on any atom is -0.336 e. The summed E-state index contributed by atoms with van der Waals surface area (Å²) in [6.45, 7) is 5.29. The highest BCUT2D eigenvalue weighted by Gasteiger charge is 2.23. The Labute approximate surface area is 123 Å². The van der Waals surface area contributed by atoms with Gasteiger partial charge in [0, 0.05) is 35.7 Å². The Morgan fingerprint density at radius 3 is 2.85 bits per heavy atom. The first kappa shape index (κ1) is 15.2. The van der Waals surface area contributed by atoms with E-state index < -0.39 is 0 Å². The minimum atomic E-state index is -0.148. The van der Waals surface area contributed by atoms with E-state index in [0.717, 1.165) is 17.7 Å². The Balaban J connectivity index is 1.99. The Morgan fingerprint density at radius 1 is 1.40 bits per heavy atom. The van der Waals surface area contributed by atoms with Crippen molar-refractivity contribution >= 4 is 17.8 Å². The maximum absolute atomic E-state index is 13.8. The zero-order valence-electron chi connectivity index (χ0n) is 11.9. The molecule has 2 amide bonds. The number of thioether (sulfide) groups is 1. The third-order valence-corrected chi connectivity index (χ3v) is 4.60. The third-order valence-electron chi connectivity index (χ3n) is 3.29. The van der Waals surface area contributed by atoms with Gasteiger partial charge in [0.1, 0.15) is 5.82 Å². The molecule has 5 heteroatoms. The summed E-state index contributed by atoms with van der Waals surface area (Å²) in [6, 6.07) is 7.05. The molecule has 0 aromatic heterocycles. The molecule has 0 spiro atoms. The van der Waals surface area contributed by atoms with Gasteiger partial charge in [-0.2, -0.15) is 11.8 Å². The van der Waals surface area contributed by atoms with Crippen molar-refractivity contribution < 1.29 is 9.18 Å². The number of benzene rings is 1. The molecule has 1 N–H and O–H groups in total. The lowest BCUT2D eigenvalue weighted by Crippen LogP contribution is -2.43. The van der Waals surface area contributed by atoms with Crippen LogP contribution in [0, 0.1) is 5.82 Å². The average Bonchev–Trinajstić information content (AvgIpc) is 2.64. The summed E-state index contributed by atoms with van der Waals surface area (Å²) >= 11 is 1.73. The molecule has 1 aliphatic rings. The molecule has 1 fully saturated rings. The van der Waals surface area contributed by atoms with Crippen molar-refractivity contribution in [2.24, 2.45) is 0 Å². The fourth-order valence-electron chi connectivity index (χ4n) is 2.30. The first-order valence-corrected chi connectivity index (χ1v) is 8.04. The van der Waals surface area contributed by atoms with E-state index in [0.29, 0.717) is 13.1 Å². The van der Waals surface area contributed by atoms with Crippen LogP contribution in [0.15, 0.2) is 24.3 Å². The second-order valence-corrected chi connectivity index (χ2v) is 6.57. The maximum Gasteiger partial charge on any atom is 0.317 e. The van der Waals surface area contributed by atoms with Gasteiger partial charge < -0.3 is 10.2 Å². The molecular weight excluding hydrogens is 275 g/mol. The summed E-state index contributed by atoms with van der Waals surface area (Å²) < 4.78 is 13.8. The average molecular weight is 296 g/mol. The predicted octanol–water partition coefficient (Wildman–Crippen LogP) is 3.42. The number of carbonyl (C=O) groups excluding carboxylic acids is 1. The molecule has 1 heterocycles. The molecule has 0 aliphatic carbocycles. The summed E-state index contributed by atoms with van der Waals surface area (Å²) in [5.74, 6) is 0.690. The third kappa shape index (κ3) is 3.88. The molecule has 20 heavy (non-hydrogen) atoms. The number of carbonyl (C=O) groups is 1. The molecule has 0 bridgehead atoms. The van der Waals surface area contributed by atoms with E-state index in [1.54, 1.807) is 17.8 Å². The van der Waals surface area contributed by atoms with Crippen LogP contribution < -0.4 is 5.32 Å². The van der Waals surface area contributed by atoms with Crippen LogP contribution in [0.25, 0.3) is 0 Å². The zero-order chi connectivity index (χ0) is 14.5. The van der Waals surface area contributed by atoms with Crippen molar-refractivity contribution in [2.75, 3.05) is 18.8 Å². The maximum atomic E-state index is 13.8. The summed E-state index contributed by atoms with van der Waals surface area (Å²) in [5, 5.41) is 3.04. The molecule has 1 saturated heterocycles. The lowest BCUT2D eigenvalue weighted by molar-refractivity contribution is 0.198. The van der Waals surface area contributed by atoms with Crippen molar-refractivity contribution in [2.45, 2.75) is 31.6 Å². The fraction of sp³-hybridized carbons (Fsp3) is 0.533. The molecule has 1 aromatic carbocycles. The molecular formula is C15H21FN2OS. The Bertz CT molecular complexity index is 467. The van der Waals surface area contributed by atoms with E-state index in [1.807, 2.05) is 30.9 Å². The molecule has 3 nitrogen and oxygen atoms in total. The number of amides is 2. The zero-order valence-corrected chi connectivity index (χ0v) is 12.8. The molecule has 1 atom stereocenters. The van der Waals surface area contributed by atoms with Crippen LogP contribution in [0.3, 0.4) is 0 Å². The summed E-state index contributed by atoms with van der Waals surface area (Å²) in [5.41, 5.74) is 0.753. The van der Waals surface area contributed by atoms with Crippen molar-refractivity contribution in [1.82, 2.24) is 10.2 Å². The second kappa shape index (κ2) is 6.97. The van der Waals surface area contributed by atoms with Gasteiger partial charge in [-0.15, -0.1) is 0 Å². The Hall–Kier alpha value is -1.23. The molecule has 1 aliphatic heterocycles. The highest BCUT2D eigenvalue weighted by atomic mass is 32.2. The largest absolute Gasteiger partial charge is 0.336 e. The number of nitrogens with zero attached hydrogens (tertiary/aromatic N) is 1. The summed E-state index contributed by atoms with van der Waals surface area (Å²) in [6.07, 6.45) is 0.789. The van der Waals surface area contributed by atoms with Gasteiger partial charge in [0.15, 0.2) is 0 Å². The number of halogens is 1. The molecule has 0 unspecified atom stereocenters. The normalized spacial score (nSPS) is 19.8. The van der Waals surface area contributed by atoms with Gasteiger partial charge in [0.05, 0.1) is 0 Å². The van der Waals surface area contributed by atoms with E-state index in [4.69, 9.17) is 0 Å². The highest BCUT2D eigenvalue weighted by Crippen LogP contribution is 2.35. The van der Waals surface area contributed by atoms with Crippen LogP contribution in [-0.2, 0) is 0 Å². The van der Waals surface area contributed by atoms with Crippen LogP contribution in [0.4, 0.5) is 9.18 Å². The number of hydrogen-bond acceptors (Lipinski definition) is 2. The number of hydrogen-bond donors (Lipinski definition) is 1. The van der Waals surface area contributed by atoms with Crippen molar-refractivity contribution in [3.63, 3.8) is 0 Å². The molecule has 110 valence electrons. The summed E-state index contributed by atoms with van der Waals surface area (Å²) in [7, 11) is 0. The van der Waals surface area contributed by atoms with Gasteiger partial charge in [-0.1, -0.05) is 18.2 Å². The van der Waals surface area contributed by atoms with Crippen LogP contribution in [0.1, 0.15) is 31.1 Å². The van der Waals surface area contributed by atoms with Gasteiger partial charge in [0.2, 0.25) is 0 Å². The monoisotopic (exact) mass is 296 g/mol. The number of rotatable bonds is 2. The standard InChI is InChI=1S/C15H21FN2OS/c1-11(2)17-15(19)18-8-7-14(20-10-9-18)12-5-3-4-6-13(12)16/h3-6,11,14H,7-10H2,1-2H3,(H,17,19)/t14-/m1/s1. The van der Waals surface area contributed by atoms with Gasteiger partial charge in [-0.3, -0.25) is 0 Å². The lowest BCUT2D eigenvalue weighted by Gasteiger charge is -2.22. The molecule has 0 radical (unpaired) electrons. The van der Waals surface area contributed by atoms with Gasteiger partial charge in [0.25, 0.3) is 0 Å². The molecule has 2 rings (SSSR count). The quantitative estimate of drug-likeness (QED) is 0.907. The smallest absolute Gasteiger partial charge is 0.317 e. The predicted molar refractivity (Wildman–Crippen MR) is 81.5 cm³/mol. The van der Waals surface area contributed by atoms with Crippen LogP contribution in [0.2, 0.25) is 0 Å². The topological polar surface area (TPSA) is 32.3 Å². The number of urea groups is 1. The van der Waals surface area contributed by atoms with E-state index in [-0.39, 0.29) is 23.1 Å². The Kier molecular flexibility index (Phi) is 5.29. The summed E-state index contributed by atoms with van der Waals surface area (Å²) in [4.78, 5) is 13.8. The first-order chi connectivity index (χ1) is 9.58. The highest BCUT2D eigenvalue weighted by molar-refractivity contribution is 7.99. The van der Waals surface area contributed by atoms with Gasteiger partial charge in [-0.05, 0) is 26.3 Å². The van der Waals surface area contributed by atoms with Crippen LogP contribution >= 0.6 is 11.8 Å². The van der Waals surface area contributed by atoms with Crippen LogP contribution in [0.5, 0.6) is 0 Å². The van der Waals surface area contributed by atoms with Crippen molar-refractivity contribution in [3.05, 3.63) is 35.6 Å². The Morgan fingerprint density at radius 2 is 2.15 bits per heavy atom. The van der Waals surface area contributed by atoms with Crippen LogP contribution in [-0.4, -0.2) is 35.8 Å². The van der Waals surface area contributed by atoms with E-state index in [1.165, 1.54) is 6.07 Å². The van der Waals surface area contributed by atoms with E-state index >= 15 is 0 Å². The fourth-order valence-corrected chi connectivity index (χ4v) is 3.55. The van der Waals surface area contributed by atoms with E-state index in [2.05, 4.69) is 5.32 Å². The van der Waals surface area contributed by atoms with Gasteiger partial charge >= 0.3 is 6.03 Å². The van der Waals surface area contributed by atoms with E-state index in [9.17, 15) is 9.18 Å². The molecule has 0 saturated carbocycles. The van der Waals surface area contributed by atoms with Crippen molar-refractivity contribution in [1.29, 1.82) is 0 Å². The number of nitrogens with one attached hydrogen (secondary N) is 1. The molecule has 1 aromatic rings. The first-order valence-electron chi connectivity index (χ1n) is 6.99. The van der Waals surface area contributed by atoms with Crippen molar-refractivity contribution in [3.8, 4) is 0 Å². The SMILES string of the molecule is CC(C)NC(=O)N1CCS[C@@H](c2ccccc2F)CC1. The van der Waals surface area contributed by atoms with Gasteiger partial charge in [-0.25, -0.2) is 9.18 Å². The minimum absolute atomic E-state index is 0.0187. The lowest BCUT2D eigenvalue weighted by atomic mass is 10.1.